The van der Waals surface area contributed by atoms with E-state index in [2.05, 4.69) is 11.2 Å². The van der Waals surface area contributed by atoms with Crippen molar-refractivity contribution < 1.29 is 0 Å². The number of hydrogen-bond acceptors (Lipinski definition) is 1. The van der Waals surface area contributed by atoms with E-state index >= 15 is 0 Å². The largest absolute Gasteiger partial charge is 0.275 e. The number of aryl methyl sites for hydroxylation is 1. The highest BCUT2D eigenvalue weighted by atomic mass is 35.5. The number of aromatic nitrogens is 2. The van der Waals surface area contributed by atoms with Crippen molar-refractivity contribution in [2.45, 2.75) is 24.6 Å². The minimum absolute atomic E-state index is 0.200. The molecular weight excluding hydrogens is 184 g/mol. The molecule has 0 aliphatic heterocycles. The number of allylic oxidation sites excluding steroid dienone is 2. The van der Waals surface area contributed by atoms with Crippen molar-refractivity contribution in [3.8, 4) is 0 Å². The molecule has 2 nitrogen and oxygen atoms in total. The maximum atomic E-state index is 6.06. The zero-order valence-corrected chi connectivity index (χ0v) is 8.46. The first-order chi connectivity index (χ1) is 6.25. The third-order valence-corrected chi connectivity index (χ3v) is 2.69. The third-order valence-electron chi connectivity index (χ3n) is 2.35. The summed E-state index contributed by atoms with van der Waals surface area (Å²) in [6.07, 6.45) is 7.48. The number of nitrogens with zero attached hydrogens (tertiary/aromatic N) is 2. The minimum Gasteiger partial charge on any atom is -0.275 e. The van der Waals surface area contributed by atoms with Gasteiger partial charge in [-0.3, -0.25) is 4.68 Å². The van der Waals surface area contributed by atoms with Gasteiger partial charge in [-0.25, -0.2) is 0 Å². The van der Waals surface area contributed by atoms with E-state index in [0.29, 0.717) is 0 Å². The maximum Gasteiger partial charge on any atom is 0.0880 e. The highest BCUT2D eigenvalue weighted by Gasteiger charge is 2.13. The van der Waals surface area contributed by atoms with Crippen molar-refractivity contribution >= 4 is 17.2 Å². The summed E-state index contributed by atoms with van der Waals surface area (Å²) in [4.78, 5) is 0. The summed E-state index contributed by atoms with van der Waals surface area (Å²) in [5, 5.41) is 4.56. The second-order valence-electron chi connectivity index (χ2n) is 3.47. The molecule has 0 radical (unpaired) electrons. The molecule has 0 fully saturated rings. The lowest BCUT2D eigenvalue weighted by molar-refractivity contribution is 0.731. The third kappa shape index (κ3) is 1.94. The van der Waals surface area contributed by atoms with E-state index < -0.39 is 0 Å². The van der Waals surface area contributed by atoms with Crippen molar-refractivity contribution in [2.24, 2.45) is 7.05 Å². The topological polar surface area (TPSA) is 17.8 Å². The molecule has 70 valence electrons. The standard InChI is InChI=1S/C10H13ClN2/c1-13-6-5-10(12-13)8-3-2-4-9(11)7-8/h5-7,9H,2-4H2,1H3. The van der Waals surface area contributed by atoms with E-state index in [1.54, 1.807) is 0 Å². The first-order valence-electron chi connectivity index (χ1n) is 4.60. The van der Waals surface area contributed by atoms with Crippen molar-refractivity contribution in [1.29, 1.82) is 0 Å². The quantitative estimate of drug-likeness (QED) is 0.632. The van der Waals surface area contributed by atoms with Crippen LogP contribution in [0.2, 0.25) is 0 Å². The molecule has 3 heteroatoms. The van der Waals surface area contributed by atoms with Gasteiger partial charge in [0, 0.05) is 13.2 Å². The Labute approximate surface area is 83.2 Å². The monoisotopic (exact) mass is 196 g/mol. The maximum absolute atomic E-state index is 6.06. The SMILES string of the molecule is Cn1ccc(C2=CC(Cl)CCC2)n1. The van der Waals surface area contributed by atoms with Crippen LogP contribution in [0.5, 0.6) is 0 Å². The van der Waals surface area contributed by atoms with E-state index in [1.165, 1.54) is 12.0 Å². The molecule has 1 unspecified atom stereocenters. The number of hydrogen-bond donors (Lipinski definition) is 0. The number of rotatable bonds is 1. The predicted molar refractivity (Wildman–Crippen MR) is 54.7 cm³/mol. The Bertz CT molecular complexity index is 327. The van der Waals surface area contributed by atoms with Crippen molar-refractivity contribution in [1.82, 2.24) is 9.78 Å². The normalized spacial score (nSPS) is 22.9. The molecule has 2 rings (SSSR count). The molecule has 0 spiro atoms. The fourth-order valence-corrected chi connectivity index (χ4v) is 1.98. The van der Waals surface area contributed by atoms with Crippen molar-refractivity contribution in [3.05, 3.63) is 24.0 Å². The van der Waals surface area contributed by atoms with E-state index in [1.807, 2.05) is 24.0 Å². The van der Waals surface area contributed by atoms with Gasteiger partial charge in [0.1, 0.15) is 0 Å². The molecule has 1 atom stereocenters. The van der Waals surface area contributed by atoms with Crippen molar-refractivity contribution in [2.75, 3.05) is 0 Å². The highest BCUT2D eigenvalue weighted by molar-refractivity contribution is 6.22. The lowest BCUT2D eigenvalue weighted by Gasteiger charge is -2.14. The minimum atomic E-state index is 0.200. The molecule has 1 heterocycles. The smallest absolute Gasteiger partial charge is 0.0880 e. The van der Waals surface area contributed by atoms with Gasteiger partial charge >= 0.3 is 0 Å². The lowest BCUT2D eigenvalue weighted by Crippen LogP contribution is -2.03. The van der Waals surface area contributed by atoms with Crippen molar-refractivity contribution in [3.63, 3.8) is 0 Å². The summed E-state index contributed by atoms with van der Waals surface area (Å²) in [5.74, 6) is 0. The first-order valence-corrected chi connectivity index (χ1v) is 5.04. The second-order valence-corrected chi connectivity index (χ2v) is 4.04. The van der Waals surface area contributed by atoms with Gasteiger partial charge in [-0.2, -0.15) is 5.10 Å². The Hall–Kier alpha value is -0.760. The fraction of sp³-hybridized carbons (Fsp3) is 0.500. The highest BCUT2D eigenvalue weighted by Crippen LogP contribution is 2.27. The fourth-order valence-electron chi connectivity index (χ4n) is 1.67. The summed E-state index contributed by atoms with van der Waals surface area (Å²) in [6, 6.07) is 2.04. The Balaban J connectivity index is 2.25. The van der Waals surface area contributed by atoms with Crippen LogP contribution in [0.3, 0.4) is 0 Å². The summed E-state index contributed by atoms with van der Waals surface area (Å²) in [7, 11) is 1.94. The van der Waals surface area contributed by atoms with Crippen LogP contribution in [0, 0.1) is 0 Å². The number of alkyl halides is 1. The summed E-state index contributed by atoms with van der Waals surface area (Å²) < 4.78 is 1.83. The summed E-state index contributed by atoms with van der Waals surface area (Å²) >= 11 is 6.06. The molecule has 0 aromatic carbocycles. The van der Waals surface area contributed by atoms with Crippen LogP contribution < -0.4 is 0 Å². The molecule has 0 amide bonds. The average molecular weight is 197 g/mol. The van der Waals surface area contributed by atoms with Crippen LogP contribution in [0.15, 0.2) is 18.3 Å². The van der Waals surface area contributed by atoms with Crippen LogP contribution in [0.25, 0.3) is 5.57 Å². The van der Waals surface area contributed by atoms with Gasteiger partial charge in [-0.15, -0.1) is 11.6 Å². The van der Waals surface area contributed by atoms with Crippen LogP contribution >= 0.6 is 11.6 Å². The Kier molecular flexibility index (Phi) is 2.40. The van der Waals surface area contributed by atoms with Gasteiger partial charge < -0.3 is 0 Å². The molecule has 1 aromatic heterocycles. The van der Waals surface area contributed by atoms with Crippen LogP contribution in [0.1, 0.15) is 25.0 Å². The molecule has 0 saturated heterocycles. The van der Waals surface area contributed by atoms with Gasteiger partial charge in [0.2, 0.25) is 0 Å². The van der Waals surface area contributed by atoms with Gasteiger partial charge in [0.15, 0.2) is 0 Å². The van der Waals surface area contributed by atoms with Gasteiger partial charge in [-0.1, -0.05) is 6.08 Å². The van der Waals surface area contributed by atoms with Crippen LogP contribution in [0.4, 0.5) is 0 Å². The van der Waals surface area contributed by atoms with Gasteiger partial charge in [0.05, 0.1) is 11.1 Å². The molecule has 0 saturated carbocycles. The van der Waals surface area contributed by atoms with E-state index in [-0.39, 0.29) is 5.38 Å². The molecule has 0 N–H and O–H groups in total. The van der Waals surface area contributed by atoms with E-state index in [0.717, 1.165) is 18.5 Å². The predicted octanol–water partition coefficient (Wildman–Crippen LogP) is 2.59. The molecule has 1 aromatic rings. The Morgan fingerprint density at radius 3 is 3.08 bits per heavy atom. The first kappa shape index (κ1) is 8.82. The number of halogens is 1. The van der Waals surface area contributed by atoms with Crippen LogP contribution in [-0.2, 0) is 7.05 Å². The Morgan fingerprint density at radius 2 is 2.46 bits per heavy atom. The molecule has 1 aliphatic carbocycles. The van der Waals surface area contributed by atoms with E-state index in [4.69, 9.17) is 11.6 Å². The summed E-state index contributed by atoms with van der Waals surface area (Å²) in [5.41, 5.74) is 2.37. The zero-order chi connectivity index (χ0) is 9.26. The molecule has 13 heavy (non-hydrogen) atoms. The second kappa shape index (κ2) is 3.54. The molecular formula is C10H13ClN2. The molecule has 1 aliphatic rings. The summed E-state index contributed by atoms with van der Waals surface area (Å²) in [6.45, 7) is 0. The van der Waals surface area contributed by atoms with Gasteiger partial charge in [-0.05, 0) is 30.9 Å². The van der Waals surface area contributed by atoms with Crippen LogP contribution in [-0.4, -0.2) is 15.2 Å². The van der Waals surface area contributed by atoms with Gasteiger partial charge in [0.25, 0.3) is 0 Å². The average Bonchev–Trinajstić information content (AvgIpc) is 2.52. The lowest BCUT2D eigenvalue weighted by atomic mass is 9.97. The molecule has 0 bridgehead atoms. The zero-order valence-electron chi connectivity index (χ0n) is 7.70. The Morgan fingerprint density at radius 1 is 1.62 bits per heavy atom. The van der Waals surface area contributed by atoms with E-state index in [9.17, 15) is 0 Å².